The van der Waals surface area contributed by atoms with Gasteiger partial charge in [-0.25, -0.2) is 4.98 Å². The van der Waals surface area contributed by atoms with Gasteiger partial charge < -0.3 is 15.2 Å². The molecule has 90 valence electrons. The van der Waals surface area contributed by atoms with E-state index in [0.717, 1.165) is 11.6 Å². The van der Waals surface area contributed by atoms with E-state index in [9.17, 15) is 5.11 Å². The zero-order chi connectivity index (χ0) is 12.0. The number of anilines is 1. The molecule has 2 atom stereocenters. The normalized spacial score (nSPS) is 14.2. The van der Waals surface area contributed by atoms with Crippen LogP contribution in [0.2, 0.25) is 0 Å². The van der Waals surface area contributed by atoms with Crippen LogP contribution in [0, 0.1) is 0 Å². The summed E-state index contributed by atoms with van der Waals surface area (Å²) in [5, 5.41) is 12.5. The molecule has 0 spiro atoms. The second kappa shape index (κ2) is 6.33. The Kier molecular flexibility index (Phi) is 5.05. The van der Waals surface area contributed by atoms with Gasteiger partial charge in [0.2, 0.25) is 0 Å². The number of hydrogen-bond donors (Lipinski definition) is 2. The quantitative estimate of drug-likeness (QED) is 0.776. The molecule has 1 aromatic rings. The van der Waals surface area contributed by atoms with Crippen molar-refractivity contribution in [3.8, 4) is 5.75 Å². The van der Waals surface area contributed by atoms with Gasteiger partial charge in [0.05, 0.1) is 12.7 Å². The molecule has 4 heteroatoms. The zero-order valence-corrected chi connectivity index (χ0v) is 10.1. The van der Waals surface area contributed by atoms with Crippen LogP contribution < -0.4 is 10.1 Å². The van der Waals surface area contributed by atoms with Crippen LogP contribution in [0.15, 0.2) is 18.3 Å². The summed E-state index contributed by atoms with van der Waals surface area (Å²) >= 11 is 0. The van der Waals surface area contributed by atoms with Gasteiger partial charge in [-0.1, -0.05) is 0 Å². The van der Waals surface area contributed by atoms with Crippen LogP contribution >= 0.6 is 0 Å². The number of aliphatic hydroxyl groups is 1. The van der Waals surface area contributed by atoms with E-state index in [1.165, 1.54) is 0 Å². The van der Waals surface area contributed by atoms with Crippen LogP contribution in [0.1, 0.15) is 27.2 Å². The lowest BCUT2D eigenvalue weighted by Gasteiger charge is -2.17. The second-order valence-corrected chi connectivity index (χ2v) is 3.91. The summed E-state index contributed by atoms with van der Waals surface area (Å²) in [6.07, 6.45) is 2.09. The molecule has 0 saturated heterocycles. The lowest BCUT2D eigenvalue weighted by atomic mass is 10.1. The van der Waals surface area contributed by atoms with Gasteiger partial charge in [-0.2, -0.15) is 0 Å². The average Bonchev–Trinajstić information content (AvgIpc) is 2.20. The minimum atomic E-state index is -0.318. The summed E-state index contributed by atoms with van der Waals surface area (Å²) in [4.78, 5) is 4.23. The Morgan fingerprint density at radius 1 is 1.50 bits per heavy atom. The van der Waals surface area contributed by atoms with Gasteiger partial charge in [0.1, 0.15) is 0 Å². The van der Waals surface area contributed by atoms with Crippen LogP contribution in [0.3, 0.4) is 0 Å². The highest BCUT2D eigenvalue weighted by atomic mass is 16.5. The molecule has 1 heterocycles. The maximum absolute atomic E-state index is 9.28. The molecule has 2 N–H and O–H groups in total. The summed E-state index contributed by atoms with van der Waals surface area (Å²) in [7, 11) is 0. The summed E-state index contributed by atoms with van der Waals surface area (Å²) in [5.74, 6) is 1.49. The summed E-state index contributed by atoms with van der Waals surface area (Å²) in [6.45, 7) is 6.35. The Morgan fingerprint density at radius 2 is 2.25 bits per heavy atom. The fourth-order valence-corrected chi connectivity index (χ4v) is 1.57. The molecule has 1 aromatic heterocycles. The van der Waals surface area contributed by atoms with E-state index in [1.54, 1.807) is 13.1 Å². The monoisotopic (exact) mass is 224 g/mol. The minimum Gasteiger partial charge on any atom is -0.490 e. The van der Waals surface area contributed by atoms with Crippen molar-refractivity contribution in [2.24, 2.45) is 0 Å². The molecule has 0 amide bonds. The Hall–Kier alpha value is -1.29. The van der Waals surface area contributed by atoms with Gasteiger partial charge in [0, 0.05) is 12.2 Å². The number of nitrogens with zero attached hydrogens (tertiary/aromatic N) is 1. The number of ether oxygens (including phenoxy) is 1. The predicted octanol–water partition coefficient (Wildman–Crippen LogP) is 2.05. The Labute approximate surface area is 96.7 Å². The molecular formula is C12H20N2O2. The molecule has 1 rings (SSSR count). The highest BCUT2D eigenvalue weighted by Gasteiger charge is 2.09. The first-order valence-corrected chi connectivity index (χ1v) is 5.66. The number of hydrogen-bond acceptors (Lipinski definition) is 4. The van der Waals surface area contributed by atoms with E-state index >= 15 is 0 Å². The van der Waals surface area contributed by atoms with Crippen molar-refractivity contribution in [2.75, 3.05) is 11.9 Å². The Bertz CT molecular complexity index is 316. The van der Waals surface area contributed by atoms with Gasteiger partial charge in [-0.3, -0.25) is 0 Å². The third kappa shape index (κ3) is 4.06. The lowest BCUT2D eigenvalue weighted by molar-refractivity contribution is 0.179. The van der Waals surface area contributed by atoms with Crippen LogP contribution in [0.5, 0.6) is 5.75 Å². The fraction of sp³-hybridized carbons (Fsp3) is 0.583. The van der Waals surface area contributed by atoms with Crippen molar-refractivity contribution in [3.05, 3.63) is 18.3 Å². The molecule has 0 aliphatic heterocycles. The Morgan fingerprint density at radius 3 is 2.88 bits per heavy atom. The van der Waals surface area contributed by atoms with E-state index in [0.29, 0.717) is 13.0 Å². The van der Waals surface area contributed by atoms with Crippen LogP contribution in [-0.4, -0.2) is 28.8 Å². The van der Waals surface area contributed by atoms with E-state index in [1.807, 2.05) is 26.0 Å². The molecule has 0 radical (unpaired) electrons. The number of nitrogens with one attached hydrogen (secondary N) is 1. The first-order chi connectivity index (χ1) is 7.63. The maximum Gasteiger partial charge on any atom is 0.168 e. The van der Waals surface area contributed by atoms with Gasteiger partial charge in [-0.05, 0) is 39.3 Å². The lowest BCUT2D eigenvalue weighted by Crippen LogP contribution is -2.21. The molecule has 2 unspecified atom stereocenters. The average molecular weight is 224 g/mol. The van der Waals surface area contributed by atoms with E-state index in [4.69, 9.17) is 4.74 Å². The van der Waals surface area contributed by atoms with Crippen molar-refractivity contribution in [2.45, 2.75) is 39.3 Å². The van der Waals surface area contributed by atoms with Crippen molar-refractivity contribution < 1.29 is 9.84 Å². The summed E-state index contributed by atoms with van der Waals surface area (Å²) < 4.78 is 5.46. The predicted molar refractivity (Wildman–Crippen MR) is 64.8 cm³/mol. The summed E-state index contributed by atoms with van der Waals surface area (Å²) in [5.41, 5.74) is 0. The van der Waals surface area contributed by atoms with Crippen LogP contribution in [0.4, 0.5) is 5.82 Å². The van der Waals surface area contributed by atoms with Crippen molar-refractivity contribution in [1.29, 1.82) is 0 Å². The number of pyridine rings is 1. The third-order valence-electron chi connectivity index (χ3n) is 2.15. The summed E-state index contributed by atoms with van der Waals surface area (Å²) in [6, 6.07) is 3.89. The highest BCUT2D eigenvalue weighted by molar-refractivity contribution is 5.49. The third-order valence-corrected chi connectivity index (χ3v) is 2.15. The molecule has 0 saturated carbocycles. The largest absolute Gasteiger partial charge is 0.490 e. The zero-order valence-electron chi connectivity index (χ0n) is 10.1. The van der Waals surface area contributed by atoms with Gasteiger partial charge in [0.25, 0.3) is 0 Å². The fourth-order valence-electron chi connectivity index (χ4n) is 1.57. The van der Waals surface area contributed by atoms with Crippen molar-refractivity contribution in [1.82, 2.24) is 4.98 Å². The van der Waals surface area contributed by atoms with Crippen LogP contribution in [0.25, 0.3) is 0 Å². The van der Waals surface area contributed by atoms with Gasteiger partial charge in [-0.15, -0.1) is 0 Å². The van der Waals surface area contributed by atoms with E-state index < -0.39 is 0 Å². The molecule has 0 aliphatic rings. The molecule has 0 fully saturated rings. The van der Waals surface area contributed by atoms with Gasteiger partial charge in [0.15, 0.2) is 11.6 Å². The molecule has 4 nitrogen and oxygen atoms in total. The number of aromatic nitrogens is 1. The van der Waals surface area contributed by atoms with E-state index in [-0.39, 0.29) is 12.1 Å². The topological polar surface area (TPSA) is 54.4 Å². The number of aliphatic hydroxyl groups excluding tert-OH is 1. The Balaban J connectivity index is 2.64. The first-order valence-electron chi connectivity index (χ1n) is 5.66. The first kappa shape index (κ1) is 12.8. The highest BCUT2D eigenvalue weighted by Crippen LogP contribution is 2.22. The van der Waals surface area contributed by atoms with Crippen molar-refractivity contribution >= 4 is 5.82 Å². The molecule has 0 aliphatic carbocycles. The van der Waals surface area contributed by atoms with Gasteiger partial charge >= 0.3 is 0 Å². The molecule has 0 bridgehead atoms. The molecule has 0 aromatic carbocycles. The van der Waals surface area contributed by atoms with Crippen LogP contribution in [-0.2, 0) is 0 Å². The smallest absolute Gasteiger partial charge is 0.168 e. The second-order valence-electron chi connectivity index (χ2n) is 3.91. The standard InChI is InChI=1S/C12H20N2O2/c1-4-16-11-6-5-7-13-12(11)14-9(2)8-10(3)15/h5-7,9-10,15H,4,8H2,1-3H3,(H,13,14). The van der Waals surface area contributed by atoms with Crippen molar-refractivity contribution in [3.63, 3.8) is 0 Å². The minimum absolute atomic E-state index is 0.161. The maximum atomic E-state index is 9.28. The number of rotatable bonds is 6. The van der Waals surface area contributed by atoms with E-state index in [2.05, 4.69) is 10.3 Å². The SMILES string of the molecule is CCOc1cccnc1NC(C)CC(C)O. The molecular weight excluding hydrogens is 204 g/mol. The molecule has 16 heavy (non-hydrogen) atoms.